The van der Waals surface area contributed by atoms with Gasteiger partial charge in [-0.1, -0.05) is 39.3 Å². The van der Waals surface area contributed by atoms with Crippen molar-refractivity contribution in [3.05, 3.63) is 63.9 Å². The first-order valence-electron chi connectivity index (χ1n) is 6.51. The normalized spacial score (nSPS) is 10.7. The lowest BCUT2D eigenvalue weighted by Gasteiger charge is -2.05. The maximum absolute atomic E-state index is 13.3. The zero-order valence-corrected chi connectivity index (χ0v) is 13.4. The maximum Gasteiger partial charge on any atom is 0.265 e. The number of nitrogens with zero attached hydrogens (tertiary/aromatic N) is 1. The van der Waals surface area contributed by atoms with Gasteiger partial charge in [0.05, 0.1) is 6.21 Å². The van der Waals surface area contributed by atoms with Crippen LogP contribution in [-0.2, 0) is 9.63 Å². The number of carbonyl (C=O) groups excluding carboxylic acids is 1. The van der Waals surface area contributed by atoms with Gasteiger partial charge in [-0.3, -0.25) is 4.79 Å². The average Bonchev–Trinajstić information content (AvgIpc) is 2.49. The summed E-state index contributed by atoms with van der Waals surface area (Å²) in [6, 6.07) is 11.9. The molecule has 114 valence electrons. The summed E-state index contributed by atoms with van der Waals surface area (Å²) in [5, 5.41) is 6.24. The van der Waals surface area contributed by atoms with Crippen LogP contribution in [0.2, 0.25) is 0 Å². The zero-order chi connectivity index (χ0) is 15.9. The van der Waals surface area contributed by atoms with Gasteiger partial charge in [0.25, 0.3) is 5.91 Å². The van der Waals surface area contributed by atoms with Gasteiger partial charge in [-0.05, 0) is 42.3 Å². The Hall–Kier alpha value is -2.21. The van der Waals surface area contributed by atoms with E-state index in [-0.39, 0.29) is 12.4 Å². The van der Waals surface area contributed by atoms with E-state index in [1.807, 2.05) is 24.3 Å². The minimum Gasteiger partial charge on any atom is -0.386 e. The fourth-order valence-electron chi connectivity index (χ4n) is 1.61. The third-order valence-electron chi connectivity index (χ3n) is 2.80. The molecule has 2 aromatic carbocycles. The molecule has 1 N–H and O–H groups in total. The van der Waals surface area contributed by atoms with E-state index in [2.05, 4.69) is 26.4 Å². The molecule has 6 heteroatoms. The summed E-state index contributed by atoms with van der Waals surface area (Å²) in [4.78, 5) is 16.5. The van der Waals surface area contributed by atoms with Crippen LogP contribution in [0.4, 0.5) is 10.1 Å². The van der Waals surface area contributed by atoms with Crippen molar-refractivity contribution in [1.29, 1.82) is 0 Å². The third kappa shape index (κ3) is 4.96. The molecule has 22 heavy (non-hydrogen) atoms. The van der Waals surface area contributed by atoms with Crippen molar-refractivity contribution in [1.82, 2.24) is 0 Å². The summed E-state index contributed by atoms with van der Waals surface area (Å²) in [6.07, 6.45) is 1.51. The number of halogens is 2. The van der Waals surface area contributed by atoms with Gasteiger partial charge in [-0.2, -0.15) is 0 Å². The Balaban J connectivity index is 1.80. The molecule has 0 saturated heterocycles. The summed E-state index contributed by atoms with van der Waals surface area (Å²) in [6.45, 7) is 1.41. The van der Waals surface area contributed by atoms with Crippen molar-refractivity contribution in [3.8, 4) is 0 Å². The van der Waals surface area contributed by atoms with E-state index in [1.54, 1.807) is 19.1 Å². The molecule has 0 aromatic heterocycles. The minimum atomic E-state index is -0.406. The number of anilines is 1. The third-order valence-corrected chi connectivity index (χ3v) is 3.33. The van der Waals surface area contributed by atoms with Gasteiger partial charge in [0, 0.05) is 10.2 Å². The molecular weight excluding hydrogens is 351 g/mol. The molecule has 0 radical (unpaired) electrons. The Bertz CT molecular complexity index is 687. The molecule has 1 amide bonds. The zero-order valence-electron chi connectivity index (χ0n) is 11.8. The van der Waals surface area contributed by atoms with Crippen molar-refractivity contribution in [2.45, 2.75) is 6.92 Å². The molecule has 0 bridgehead atoms. The van der Waals surface area contributed by atoms with Crippen LogP contribution in [0, 0.1) is 12.7 Å². The first kappa shape index (κ1) is 16.2. The highest BCUT2D eigenvalue weighted by molar-refractivity contribution is 9.10. The number of aryl methyl sites for hydroxylation is 1. The molecule has 0 heterocycles. The van der Waals surface area contributed by atoms with Crippen molar-refractivity contribution in [3.63, 3.8) is 0 Å². The second-order valence-corrected chi connectivity index (χ2v) is 5.49. The molecule has 0 spiro atoms. The monoisotopic (exact) mass is 364 g/mol. The van der Waals surface area contributed by atoms with Crippen LogP contribution in [0.15, 0.2) is 52.1 Å². The molecule has 0 unspecified atom stereocenters. The second-order valence-electron chi connectivity index (χ2n) is 4.57. The number of oxime groups is 1. The van der Waals surface area contributed by atoms with E-state index in [9.17, 15) is 9.18 Å². The highest BCUT2D eigenvalue weighted by Crippen LogP contribution is 2.13. The molecule has 2 rings (SSSR count). The summed E-state index contributed by atoms with van der Waals surface area (Å²) in [5.41, 5.74) is 1.76. The largest absolute Gasteiger partial charge is 0.386 e. The van der Waals surface area contributed by atoms with Crippen LogP contribution in [0.5, 0.6) is 0 Å². The molecular formula is C16H14BrFN2O2. The van der Waals surface area contributed by atoms with Gasteiger partial charge < -0.3 is 10.2 Å². The highest BCUT2D eigenvalue weighted by atomic mass is 79.9. The van der Waals surface area contributed by atoms with Crippen molar-refractivity contribution in [2.75, 3.05) is 11.9 Å². The average molecular weight is 365 g/mol. The van der Waals surface area contributed by atoms with E-state index in [4.69, 9.17) is 4.84 Å². The Morgan fingerprint density at radius 3 is 2.73 bits per heavy atom. The van der Waals surface area contributed by atoms with Crippen molar-refractivity contribution >= 4 is 33.7 Å². The molecule has 0 saturated carbocycles. The standard InChI is InChI=1S/C16H14BrFN2O2/c1-11-2-7-14(8-15(11)18)20-16(21)10-22-19-9-12-3-5-13(17)6-4-12/h2-9H,10H2,1H3,(H,20,21)/b19-9-. The van der Waals surface area contributed by atoms with E-state index >= 15 is 0 Å². The van der Waals surface area contributed by atoms with Crippen LogP contribution in [-0.4, -0.2) is 18.7 Å². The molecule has 0 fully saturated rings. The van der Waals surface area contributed by atoms with E-state index < -0.39 is 5.91 Å². The number of carbonyl (C=O) groups is 1. The topological polar surface area (TPSA) is 50.7 Å². The van der Waals surface area contributed by atoms with E-state index in [0.29, 0.717) is 11.3 Å². The molecule has 0 atom stereocenters. The lowest BCUT2D eigenvalue weighted by atomic mass is 10.2. The van der Waals surface area contributed by atoms with Gasteiger partial charge in [0.2, 0.25) is 0 Å². The smallest absolute Gasteiger partial charge is 0.265 e. The Morgan fingerprint density at radius 1 is 1.32 bits per heavy atom. The number of benzene rings is 2. The van der Waals surface area contributed by atoms with Gasteiger partial charge in [-0.15, -0.1) is 0 Å². The minimum absolute atomic E-state index is 0.247. The Morgan fingerprint density at radius 2 is 2.05 bits per heavy atom. The number of nitrogens with one attached hydrogen (secondary N) is 1. The lowest BCUT2D eigenvalue weighted by Crippen LogP contribution is -2.17. The maximum atomic E-state index is 13.3. The van der Waals surface area contributed by atoms with Gasteiger partial charge in [0.1, 0.15) is 5.82 Å². The Kier molecular flexibility index (Phi) is 5.66. The van der Waals surface area contributed by atoms with E-state index in [0.717, 1.165) is 10.0 Å². The first-order chi connectivity index (χ1) is 10.5. The molecule has 0 aliphatic rings. The Labute approximate surface area is 136 Å². The van der Waals surface area contributed by atoms with Gasteiger partial charge in [-0.25, -0.2) is 4.39 Å². The van der Waals surface area contributed by atoms with Crippen molar-refractivity contribution in [2.24, 2.45) is 5.16 Å². The van der Waals surface area contributed by atoms with Crippen LogP contribution in [0.1, 0.15) is 11.1 Å². The summed E-state index contributed by atoms with van der Waals surface area (Å²) < 4.78 is 14.3. The summed E-state index contributed by atoms with van der Waals surface area (Å²) in [5.74, 6) is -0.775. The van der Waals surface area contributed by atoms with Gasteiger partial charge >= 0.3 is 0 Å². The quantitative estimate of drug-likeness (QED) is 0.646. The number of hydrogen-bond acceptors (Lipinski definition) is 3. The second kappa shape index (κ2) is 7.70. The first-order valence-corrected chi connectivity index (χ1v) is 7.31. The molecule has 0 aliphatic carbocycles. The molecule has 4 nitrogen and oxygen atoms in total. The fourth-order valence-corrected chi connectivity index (χ4v) is 1.87. The number of amides is 1. The van der Waals surface area contributed by atoms with Gasteiger partial charge in [0.15, 0.2) is 6.61 Å². The number of rotatable bonds is 5. The predicted octanol–water partition coefficient (Wildman–Crippen LogP) is 3.89. The molecule has 0 aliphatic heterocycles. The SMILES string of the molecule is Cc1ccc(NC(=O)CO/N=C\c2ccc(Br)cc2)cc1F. The lowest BCUT2D eigenvalue weighted by molar-refractivity contribution is -0.120. The van der Waals surface area contributed by atoms with E-state index in [1.165, 1.54) is 12.3 Å². The summed E-state index contributed by atoms with van der Waals surface area (Å²) in [7, 11) is 0. The predicted molar refractivity (Wildman–Crippen MR) is 87.5 cm³/mol. The number of hydrogen-bond donors (Lipinski definition) is 1. The fraction of sp³-hybridized carbons (Fsp3) is 0.125. The molecule has 2 aromatic rings. The van der Waals surface area contributed by atoms with Crippen LogP contribution in [0.25, 0.3) is 0 Å². The highest BCUT2D eigenvalue weighted by Gasteiger charge is 2.04. The van der Waals surface area contributed by atoms with Crippen LogP contribution >= 0.6 is 15.9 Å². The van der Waals surface area contributed by atoms with Crippen molar-refractivity contribution < 1.29 is 14.0 Å². The summed E-state index contributed by atoms with van der Waals surface area (Å²) >= 11 is 3.33. The van der Waals surface area contributed by atoms with Crippen LogP contribution < -0.4 is 5.32 Å². The van der Waals surface area contributed by atoms with Crippen LogP contribution in [0.3, 0.4) is 0 Å².